The molecule has 0 saturated heterocycles. The summed E-state index contributed by atoms with van der Waals surface area (Å²) < 4.78 is 4.73. The van der Waals surface area contributed by atoms with Crippen molar-refractivity contribution < 1.29 is 19.4 Å². The highest BCUT2D eigenvalue weighted by molar-refractivity contribution is 6.13. The molecule has 0 fully saturated rings. The Morgan fingerprint density at radius 1 is 1.05 bits per heavy atom. The Kier molecular flexibility index (Phi) is 3.34. The Bertz CT molecular complexity index is 765. The number of carbonyl (C=O) groups excluding carboxylic acids is 2. The summed E-state index contributed by atoms with van der Waals surface area (Å²) in [5.41, 5.74) is 0.467. The van der Waals surface area contributed by atoms with E-state index in [1.165, 1.54) is 14.0 Å². The standard InChI is InChI=1S/C18H16O4/c1-11(17(20)22-2)18(21)15-10-6-5-8-13(15)12-7-3-4-9-14(12)16(18)19/h3-11,21H,1-2H3. The molecular formula is C18H16O4. The molecule has 4 nitrogen and oxygen atoms in total. The first-order chi connectivity index (χ1) is 10.5. The van der Waals surface area contributed by atoms with Crippen LogP contribution in [0.5, 0.6) is 0 Å². The van der Waals surface area contributed by atoms with Crippen molar-refractivity contribution in [3.8, 4) is 11.1 Å². The van der Waals surface area contributed by atoms with Gasteiger partial charge in [0.1, 0.15) is 0 Å². The summed E-state index contributed by atoms with van der Waals surface area (Å²) in [5, 5.41) is 11.2. The van der Waals surface area contributed by atoms with Crippen LogP contribution < -0.4 is 0 Å². The van der Waals surface area contributed by atoms with E-state index in [1.54, 1.807) is 24.3 Å². The summed E-state index contributed by atoms with van der Waals surface area (Å²) in [4.78, 5) is 24.9. The lowest BCUT2D eigenvalue weighted by molar-refractivity contribution is -0.152. The van der Waals surface area contributed by atoms with Gasteiger partial charge in [-0.05, 0) is 18.1 Å². The number of rotatable bonds is 2. The van der Waals surface area contributed by atoms with Crippen molar-refractivity contribution in [3.63, 3.8) is 0 Å². The number of aliphatic hydroxyl groups is 1. The van der Waals surface area contributed by atoms with Crippen LogP contribution in [-0.2, 0) is 15.1 Å². The topological polar surface area (TPSA) is 63.6 Å². The molecule has 4 heteroatoms. The molecule has 1 aliphatic rings. The quantitative estimate of drug-likeness (QED) is 0.865. The van der Waals surface area contributed by atoms with Gasteiger partial charge >= 0.3 is 5.97 Å². The van der Waals surface area contributed by atoms with Crippen LogP contribution in [0.4, 0.5) is 0 Å². The lowest BCUT2D eigenvalue weighted by Crippen LogP contribution is -2.47. The maximum atomic E-state index is 12.9. The van der Waals surface area contributed by atoms with Crippen LogP contribution in [-0.4, -0.2) is 24.0 Å². The van der Waals surface area contributed by atoms with Gasteiger partial charge in [0, 0.05) is 11.1 Å². The van der Waals surface area contributed by atoms with Gasteiger partial charge in [-0.25, -0.2) is 0 Å². The number of esters is 1. The van der Waals surface area contributed by atoms with Crippen molar-refractivity contribution in [2.24, 2.45) is 5.92 Å². The Morgan fingerprint density at radius 2 is 1.59 bits per heavy atom. The van der Waals surface area contributed by atoms with Gasteiger partial charge < -0.3 is 9.84 Å². The van der Waals surface area contributed by atoms with Gasteiger partial charge in [-0.3, -0.25) is 9.59 Å². The molecule has 2 aromatic carbocycles. The Hall–Kier alpha value is -2.46. The highest BCUT2D eigenvalue weighted by Crippen LogP contribution is 2.45. The highest BCUT2D eigenvalue weighted by Gasteiger charge is 2.51. The molecule has 0 amide bonds. The van der Waals surface area contributed by atoms with Gasteiger partial charge in [0.05, 0.1) is 13.0 Å². The molecule has 0 radical (unpaired) electrons. The lowest BCUT2D eigenvalue weighted by atomic mass is 9.69. The van der Waals surface area contributed by atoms with Gasteiger partial charge in [0.2, 0.25) is 0 Å². The number of benzene rings is 2. The molecule has 112 valence electrons. The van der Waals surface area contributed by atoms with E-state index in [0.717, 1.165) is 11.1 Å². The third-order valence-electron chi connectivity index (χ3n) is 4.33. The van der Waals surface area contributed by atoms with Crippen LogP contribution in [0, 0.1) is 5.92 Å². The lowest BCUT2D eigenvalue weighted by Gasteiger charge is -2.37. The van der Waals surface area contributed by atoms with E-state index in [4.69, 9.17) is 4.74 Å². The van der Waals surface area contributed by atoms with Crippen molar-refractivity contribution in [2.45, 2.75) is 12.5 Å². The molecule has 0 aliphatic heterocycles. The smallest absolute Gasteiger partial charge is 0.312 e. The van der Waals surface area contributed by atoms with E-state index in [9.17, 15) is 14.7 Å². The molecule has 3 rings (SSSR count). The fraction of sp³-hybridized carbons (Fsp3) is 0.222. The number of hydrogen-bond donors (Lipinski definition) is 1. The Morgan fingerprint density at radius 3 is 2.23 bits per heavy atom. The predicted molar refractivity (Wildman–Crippen MR) is 81.3 cm³/mol. The summed E-state index contributed by atoms with van der Waals surface area (Å²) in [5.74, 6) is -2.09. The van der Waals surface area contributed by atoms with Crippen LogP contribution in [0.1, 0.15) is 22.8 Å². The fourth-order valence-corrected chi connectivity index (χ4v) is 3.07. The molecule has 0 bridgehead atoms. The third-order valence-corrected chi connectivity index (χ3v) is 4.33. The van der Waals surface area contributed by atoms with E-state index in [1.807, 2.05) is 24.3 Å². The molecule has 1 N–H and O–H groups in total. The zero-order valence-electron chi connectivity index (χ0n) is 12.4. The van der Waals surface area contributed by atoms with Crippen LogP contribution in [0.3, 0.4) is 0 Å². The summed E-state index contributed by atoms with van der Waals surface area (Å²) in [6, 6.07) is 14.2. The van der Waals surface area contributed by atoms with E-state index < -0.39 is 23.3 Å². The number of ketones is 1. The van der Waals surface area contributed by atoms with Gasteiger partial charge in [0.15, 0.2) is 11.4 Å². The molecular weight excluding hydrogens is 280 g/mol. The van der Waals surface area contributed by atoms with Crippen LogP contribution in [0.15, 0.2) is 48.5 Å². The molecule has 1 aliphatic carbocycles. The highest BCUT2D eigenvalue weighted by atomic mass is 16.5. The summed E-state index contributed by atoms with van der Waals surface area (Å²) in [6.07, 6.45) is 0. The fourth-order valence-electron chi connectivity index (χ4n) is 3.07. The second-order valence-electron chi connectivity index (χ2n) is 5.43. The summed E-state index contributed by atoms with van der Waals surface area (Å²) in [7, 11) is 1.25. The molecule has 0 aromatic heterocycles. The minimum absolute atomic E-state index is 0.416. The van der Waals surface area contributed by atoms with E-state index in [0.29, 0.717) is 11.1 Å². The normalized spacial score (nSPS) is 20.8. The van der Waals surface area contributed by atoms with E-state index in [-0.39, 0.29) is 0 Å². The second-order valence-corrected chi connectivity index (χ2v) is 5.43. The Labute approximate surface area is 128 Å². The largest absolute Gasteiger partial charge is 0.469 e. The minimum Gasteiger partial charge on any atom is -0.469 e. The average Bonchev–Trinajstić information content (AvgIpc) is 2.58. The van der Waals surface area contributed by atoms with Crippen LogP contribution in [0.25, 0.3) is 11.1 Å². The van der Waals surface area contributed by atoms with E-state index >= 15 is 0 Å². The number of carbonyl (C=O) groups is 2. The average molecular weight is 296 g/mol. The molecule has 2 atom stereocenters. The third kappa shape index (κ3) is 1.81. The van der Waals surface area contributed by atoms with E-state index in [2.05, 4.69) is 0 Å². The van der Waals surface area contributed by atoms with Gasteiger partial charge in [-0.1, -0.05) is 48.5 Å². The van der Waals surface area contributed by atoms with Crippen molar-refractivity contribution in [1.29, 1.82) is 0 Å². The number of ether oxygens (including phenoxy) is 1. The van der Waals surface area contributed by atoms with Crippen LogP contribution >= 0.6 is 0 Å². The molecule has 2 aromatic rings. The zero-order valence-corrected chi connectivity index (χ0v) is 12.4. The first kappa shape index (κ1) is 14.5. The van der Waals surface area contributed by atoms with Crippen molar-refractivity contribution in [3.05, 3.63) is 59.7 Å². The monoisotopic (exact) mass is 296 g/mol. The number of methoxy groups -OCH3 is 1. The maximum Gasteiger partial charge on any atom is 0.312 e. The SMILES string of the molecule is COC(=O)C(C)C1(O)C(=O)c2ccccc2-c2ccccc21. The van der Waals surface area contributed by atoms with Crippen molar-refractivity contribution in [1.82, 2.24) is 0 Å². The maximum absolute atomic E-state index is 12.9. The molecule has 2 unspecified atom stereocenters. The van der Waals surface area contributed by atoms with Gasteiger partial charge in [-0.2, -0.15) is 0 Å². The number of Topliss-reactive ketones (excluding diaryl/α,β-unsaturated/α-hetero) is 1. The molecule has 22 heavy (non-hydrogen) atoms. The number of fused-ring (bicyclic) bond motifs is 3. The first-order valence-corrected chi connectivity index (χ1v) is 7.05. The summed E-state index contributed by atoms with van der Waals surface area (Å²) in [6.45, 7) is 1.51. The van der Waals surface area contributed by atoms with Crippen LogP contribution in [0.2, 0.25) is 0 Å². The second kappa shape index (κ2) is 5.07. The Balaban J connectivity index is 2.30. The van der Waals surface area contributed by atoms with Crippen molar-refractivity contribution in [2.75, 3.05) is 7.11 Å². The number of hydrogen-bond acceptors (Lipinski definition) is 4. The zero-order chi connectivity index (χ0) is 15.9. The first-order valence-electron chi connectivity index (χ1n) is 7.05. The van der Waals surface area contributed by atoms with Crippen molar-refractivity contribution >= 4 is 11.8 Å². The summed E-state index contributed by atoms with van der Waals surface area (Å²) >= 11 is 0. The molecule has 0 saturated carbocycles. The van der Waals surface area contributed by atoms with Gasteiger partial charge in [0.25, 0.3) is 0 Å². The molecule has 0 heterocycles. The predicted octanol–water partition coefficient (Wildman–Crippen LogP) is 2.55. The van der Waals surface area contributed by atoms with Gasteiger partial charge in [-0.15, -0.1) is 0 Å². The minimum atomic E-state index is -1.92. The molecule has 0 spiro atoms.